The maximum Gasteiger partial charge on any atom is 0.123 e. The van der Waals surface area contributed by atoms with Crippen molar-refractivity contribution in [2.24, 2.45) is 0 Å². The van der Waals surface area contributed by atoms with Gasteiger partial charge in [-0.3, -0.25) is 4.98 Å². The molecule has 0 fully saturated rings. The van der Waals surface area contributed by atoms with E-state index in [1.54, 1.807) is 18.5 Å². The van der Waals surface area contributed by atoms with Gasteiger partial charge in [-0.1, -0.05) is 39.1 Å². The van der Waals surface area contributed by atoms with Gasteiger partial charge in [-0.05, 0) is 24.3 Å². The van der Waals surface area contributed by atoms with E-state index in [9.17, 15) is 0 Å². The lowest BCUT2D eigenvalue weighted by Gasteiger charge is -2.11. The molecule has 0 radical (unpaired) electrons. The molecule has 0 saturated carbocycles. The van der Waals surface area contributed by atoms with E-state index in [2.05, 4.69) is 20.9 Å². The zero-order chi connectivity index (χ0) is 13.0. The first-order valence-corrected chi connectivity index (χ1v) is 7.14. The van der Waals surface area contributed by atoms with Gasteiger partial charge in [0.2, 0.25) is 0 Å². The van der Waals surface area contributed by atoms with E-state index in [0.29, 0.717) is 22.0 Å². The summed E-state index contributed by atoms with van der Waals surface area (Å²) in [6.45, 7) is 0.406. The molecule has 0 amide bonds. The van der Waals surface area contributed by atoms with E-state index >= 15 is 0 Å². The van der Waals surface area contributed by atoms with Crippen molar-refractivity contribution >= 4 is 39.1 Å². The van der Waals surface area contributed by atoms with Gasteiger partial charge in [0.1, 0.15) is 12.4 Å². The summed E-state index contributed by atoms with van der Waals surface area (Å²) < 4.78 is 5.75. The van der Waals surface area contributed by atoms with Crippen LogP contribution in [0.2, 0.25) is 10.0 Å². The smallest absolute Gasteiger partial charge is 0.123 e. The average molecular weight is 347 g/mol. The zero-order valence-electron chi connectivity index (χ0n) is 9.37. The lowest BCUT2D eigenvalue weighted by atomic mass is 10.2. The minimum Gasteiger partial charge on any atom is -0.489 e. The summed E-state index contributed by atoms with van der Waals surface area (Å²) in [7, 11) is 0. The molecule has 1 aromatic heterocycles. The molecule has 0 atom stereocenters. The molecule has 0 bridgehead atoms. The highest BCUT2D eigenvalue weighted by Gasteiger charge is 2.05. The third kappa shape index (κ3) is 3.37. The molecule has 0 aliphatic rings. The fourth-order valence-corrected chi connectivity index (χ4v) is 2.28. The Hall–Kier alpha value is -0.770. The van der Waals surface area contributed by atoms with E-state index < -0.39 is 0 Å². The molecule has 0 aliphatic heterocycles. The summed E-state index contributed by atoms with van der Waals surface area (Å²) in [6, 6.07) is 7.37. The molecule has 0 N–H and O–H groups in total. The number of nitrogens with zero attached hydrogens (tertiary/aromatic N) is 1. The van der Waals surface area contributed by atoms with Crippen molar-refractivity contribution in [1.82, 2.24) is 4.98 Å². The number of alkyl halides is 1. The number of hydrogen-bond donors (Lipinski definition) is 0. The van der Waals surface area contributed by atoms with Crippen molar-refractivity contribution in [2.45, 2.75) is 11.9 Å². The lowest BCUT2D eigenvalue weighted by Crippen LogP contribution is -1.98. The molecule has 94 valence electrons. The van der Waals surface area contributed by atoms with Crippen LogP contribution in [-0.2, 0) is 11.9 Å². The van der Waals surface area contributed by atoms with Crippen LogP contribution in [0.4, 0.5) is 0 Å². The van der Waals surface area contributed by atoms with Crippen LogP contribution in [-0.4, -0.2) is 4.98 Å². The molecule has 1 heterocycles. The number of benzene rings is 1. The van der Waals surface area contributed by atoms with Gasteiger partial charge in [0.15, 0.2) is 0 Å². The predicted molar refractivity (Wildman–Crippen MR) is 77.7 cm³/mol. The third-order valence-electron chi connectivity index (χ3n) is 2.41. The van der Waals surface area contributed by atoms with Crippen LogP contribution in [0.3, 0.4) is 0 Å². The Kier molecular flexibility index (Phi) is 4.87. The fraction of sp³-hybridized carbons (Fsp3) is 0.154. The first-order chi connectivity index (χ1) is 8.70. The number of halogens is 3. The average Bonchev–Trinajstić information content (AvgIpc) is 2.39. The standard InChI is InChI=1S/C13H10BrCl2NO/c14-6-10-5-11(15)1-2-13(10)18-8-9-3-4-17-7-12(9)16/h1-5,7H,6,8H2. The van der Waals surface area contributed by atoms with Gasteiger partial charge in [0.25, 0.3) is 0 Å². The lowest BCUT2D eigenvalue weighted by molar-refractivity contribution is 0.304. The number of aromatic nitrogens is 1. The minimum atomic E-state index is 0.406. The number of pyridine rings is 1. The van der Waals surface area contributed by atoms with Gasteiger partial charge in [-0.25, -0.2) is 0 Å². The van der Waals surface area contributed by atoms with Crippen molar-refractivity contribution < 1.29 is 4.74 Å². The summed E-state index contributed by atoms with van der Waals surface area (Å²) in [6.07, 6.45) is 3.30. The number of hydrogen-bond acceptors (Lipinski definition) is 2. The topological polar surface area (TPSA) is 22.1 Å². The maximum atomic E-state index is 6.02. The molecule has 2 rings (SSSR count). The Morgan fingerprint density at radius 3 is 2.72 bits per heavy atom. The normalized spacial score (nSPS) is 10.4. The van der Waals surface area contributed by atoms with Crippen LogP contribution >= 0.6 is 39.1 Å². The molecular weight excluding hydrogens is 337 g/mol. The Labute approximate surface area is 124 Å². The monoisotopic (exact) mass is 345 g/mol. The van der Waals surface area contributed by atoms with Crippen LogP contribution in [0.5, 0.6) is 5.75 Å². The van der Waals surface area contributed by atoms with Crippen LogP contribution in [0.25, 0.3) is 0 Å². The summed E-state index contributed by atoms with van der Waals surface area (Å²) in [5.74, 6) is 0.796. The second kappa shape index (κ2) is 6.41. The minimum absolute atomic E-state index is 0.406. The maximum absolute atomic E-state index is 6.02. The van der Waals surface area contributed by atoms with E-state index in [-0.39, 0.29) is 0 Å². The molecule has 0 saturated heterocycles. The highest BCUT2D eigenvalue weighted by atomic mass is 79.9. The van der Waals surface area contributed by atoms with Crippen molar-refractivity contribution in [3.63, 3.8) is 0 Å². The van der Waals surface area contributed by atoms with Crippen LogP contribution in [0.15, 0.2) is 36.7 Å². The van der Waals surface area contributed by atoms with E-state index in [1.807, 2.05) is 18.2 Å². The molecule has 2 nitrogen and oxygen atoms in total. The molecule has 0 aliphatic carbocycles. The Morgan fingerprint density at radius 2 is 2.00 bits per heavy atom. The number of rotatable bonds is 4. The van der Waals surface area contributed by atoms with Crippen molar-refractivity contribution in [3.05, 3.63) is 57.8 Å². The molecule has 5 heteroatoms. The molecule has 18 heavy (non-hydrogen) atoms. The van der Waals surface area contributed by atoms with Gasteiger partial charge >= 0.3 is 0 Å². The van der Waals surface area contributed by atoms with Crippen LogP contribution in [0.1, 0.15) is 11.1 Å². The summed E-state index contributed by atoms with van der Waals surface area (Å²) >= 11 is 15.4. The SMILES string of the molecule is Clc1ccc(OCc2ccncc2Cl)c(CBr)c1. The van der Waals surface area contributed by atoms with E-state index in [0.717, 1.165) is 16.9 Å². The Balaban J connectivity index is 2.13. The largest absolute Gasteiger partial charge is 0.489 e. The second-order valence-electron chi connectivity index (χ2n) is 3.64. The van der Waals surface area contributed by atoms with E-state index in [4.69, 9.17) is 27.9 Å². The first kappa shape index (κ1) is 13.7. The highest BCUT2D eigenvalue weighted by Crippen LogP contribution is 2.26. The van der Waals surface area contributed by atoms with E-state index in [1.165, 1.54) is 0 Å². The Bertz CT molecular complexity index is 548. The Morgan fingerprint density at radius 1 is 1.17 bits per heavy atom. The molecule has 1 aromatic carbocycles. The quantitative estimate of drug-likeness (QED) is 0.737. The first-order valence-electron chi connectivity index (χ1n) is 5.26. The van der Waals surface area contributed by atoms with Gasteiger partial charge < -0.3 is 4.74 Å². The van der Waals surface area contributed by atoms with Crippen molar-refractivity contribution in [2.75, 3.05) is 0 Å². The summed E-state index contributed by atoms with van der Waals surface area (Å²) in [5.41, 5.74) is 1.91. The van der Waals surface area contributed by atoms with Gasteiger partial charge in [0.05, 0.1) is 5.02 Å². The molecule has 0 spiro atoms. The second-order valence-corrected chi connectivity index (χ2v) is 5.05. The third-order valence-corrected chi connectivity index (χ3v) is 3.59. The molecule has 0 unspecified atom stereocenters. The van der Waals surface area contributed by atoms with Gasteiger partial charge in [-0.2, -0.15) is 0 Å². The summed E-state index contributed by atoms with van der Waals surface area (Å²) in [4.78, 5) is 3.93. The molecular formula is C13H10BrCl2NO. The highest BCUT2D eigenvalue weighted by molar-refractivity contribution is 9.08. The van der Waals surface area contributed by atoms with Gasteiger partial charge in [-0.15, -0.1) is 0 Å². The zero-order valence-corrected chi connectivity index (χ0v) is 12.5. The van der Waals surface area contributed by atoms with Crippen molar-refractivity contribution in [1.29, 1.82) is 0 Å². The predicted octanol–water partition coefficient (Wildman–Crippen LogP) is 4.86. The van der Waals surface area contributed by atoms with Crippen molar-refractivity contribution in [3.8, 4) is 5.75 Å². The molecule has 2 aromatic rings. The summed E-state index contributed by atoms with van der Waals surface area (Å²) in [5, 5.41) is 1.98. The van der Waals surface area contributed by atoms with Gasteiger partial charge in [0, 0.05) is 33.9 Å². The fourth-order valence-electron chi connectivity index (χ4n) is 1.47. The number of ether oxygens (including phenoxy) is 1. The van der Waals surface area contributed by atoms with Crippen LogP contribution < -0.4 is 4.74 Å². The van der Waals surface area contributed by atoms with Crippen LogP contribution in [0, 0.1) is 0 Å².